The van der Waals surface area contributed by atoms with Crippen molar-refractivity contribution in [3.8, 4) is 5.75 Å². The van der Waals surface area contributed by atoms with Gasteiger partial charge in [-0.1, -0.05) is 18.2 Å². The standard InChI is InChI=1S/C10H13NO4/c1-15-9-5-3-2-4-7(9)8(6-12)11-10(13)14/h2-5,8,11-12H,6H2,1H3,(H,13,14)/t8-/m0/s1. The van der Waals surface area contributed by atoms with Gasteiger partial charge in [0.15, 0.2) is 0 Å². The minimum atomic E-state index is -1.18. The first-order valence-corrected chi connectivity index (χ1v) is 4.42. The summed E-state index contributed by atoms with van der Waals surface area (Å²) in [6.07, 6.45) is -1.18. The van der Waals surface area contributed by atoms with Gasteiger partial charge in [-0.25, -0.2) is 4.79 Å². The van der Waals surface area contributed by atoms with E-state index in [1.54, 1.807) is 24.3 Å². The maximum absolute atomic E-state index is 10.5. The van der Waals surface area contributed by atoms with Gasteiger partial charge in [0, 0.05) is 5.56 Å². The van der Waals surface area contributed by atoms with Gasteiger partial charge in [0.05, 0.1) is 19.8 Å². The highest BCUT2D eigenvalue weighted by Gasteiger charge is 2.16. The molecule has 0 aliphatic carbocycles. The third-order valence-electron chi connectivity index (χ3n) is 1.99. The van der Waals surface area contributed by atoms with E-state index in [0.717, 1.165) is 0 Å². The number of carbonyl (C=O) groups is 1. The van der Waals surface area contributed by atoms with Gasteiger partial charge in [0.2, 0.25) is 0 Å². The minimum Gasteiger partial charge on any atom is -0.496 e. The van der Waals surface area contributed by atoms with Crippen LogP contribution in [0.2, 0.25) is 0 Å². The van der Waals surface area contributed by atoms with Crippen molar-refractivity contribution in [3.63, 3.8) is 0 Å². The van der Waals surface area contributed by atoms with Crippen molar-refractivity contribution >= 4 is 6.09 Å². The van der Waals surface area contributed by atoms with Gasteiger partial charge in [-0.3, -0.25) is 0 Å². The summed E-state index contributed by atoms with van der Waals surface area (Å²) in [5, 5.41) is 19.9. The second kappa shape index (κ2) is 5.21. The largest absolute Gasteiger partial charge is 0.496 e. The zero-order chi connectivity index (χ0) is 11.3. The van der Waals surface area contributed by atoms with E-state index < -0.39 is 12.1 Å². The molecule has 1 aromatic carbocycles. The molecular weight excluding hydrogens is 198 g/mol. The van der Waals surface area contributed by atoms with Crippen molar-refractivity contribution in [1.82, 2.24) is 5.32 Å². The summed E-state index contributed by atoms with van der Waals surface area (Å²) in [7, 11) is 1.49. The molecule has 5 nitrogen and oxygen atoms in total. The molecule has 82 valence electrons. The van der Waals surface area contributed by atoms with E-state index in [-0.39, 0.29) is 6.61 Å². The van der Waals surface area contributed by atoms with Crippen LogP contribution in [0.3, 0.4) is 0 Å². The fraction of sp³-hybridized carbons (Fsp3) is 0.300. The average molecular weight is 211 g/mol. The molecule has 0 saturated carbocycles. The molecule has 1 atom stereocenters. The Bertz CT molecular complexity index is 340. The van der Waals surface area contributed by atoms with Crippen LogP contribution < -0.4 is 10.1 Å². The van der Waals surface area contributed by atoms with E-state index >= 15 is 0 Å². The number of carboxylic acid groups (broad SMARTS) is 1. The number of para-hydroxylation sites is 1. The Morgan fingerprint density at radius 2 is 2.20 bits per heavy atom. The molecule has 0 aliphatic heterocycles. The summed E-state index contributed by atoms with van der Waals surface area (Å²) >= 11 is 0. The van der Waals surface area contributed by atoms with Crippen molar-refractivity contribution < 1.29 is 19.7 Å². The van der Waals surface area contributed by atoms with E-state index in [1.807, 2.05) is 0 Å². The van der Waals surface area contributed by atoms with Crippen LogP contribution >= 0.6 is 0 Å². The van der Waals surface area contributed by atoms with E-state index in [9.17, 15) is 4.79 Å². The second-order valence-electron chi connectivity index (χ2n) is 2.93. The Balaban J connectivity index is 2.95. The molecule has 0 fully saturated rings. The molecule has 1 aromatic rings. The SMILES string of the molecule is COc1ccccc1[C@H](CO)NC(=O)O. The van der Waals surface area contributed by atoms with Gasteiger partial charge < -0.3 is 20.3 Å². The van der Waals surface area contributed by atoms with Gasteiger partial charge in [-0.05, 0) is 6.07 Å². The number of nitrogens with one attached hydrogen (secondary N) is 1. The summed E-state index contributed by atoms with van der Waals surface area (Å²) in [5.74, 6) is 0.547. The van der Waals surface area contributed by atoms with Crippen LogP contribution in [0.5, 0.6) is 5.75 Å². The molecule has 1 rings (SSSR count). The normalized spacial score (nSPS) is 11.9. The molecule has 0 aliphatic rings. The van der Waals surface area contributed by atoms with Crippen LogP contribution in [0.1, 0.15) is 11.6 Å². The molecule has 0 aromatic heterocycles. The van der Waals surface area contributed by atoms with E-state index in [2.05, 4.69) is 5.32 Å². The highest BCUT2D eigenvalue weighted by molar-refractivity contribution is 5.65. The lowest BCUT2D eigenvalue weighted by atomic mass is 10.1. The highest BCUT2D eigenvalue weighted by Crippen LogP contribution is 2.24. The lowest BCUT2D eigenvalue weighted by molar-refractivity contribution is 0.177. The molecule has 3 N–H and O–H groups in total. The summed E-state index contributed by atoms with van der Waals surface area (Å²) in [5.41, 5.74) is 0.616. The van der Waals surface area contributed by atoms with Crippen molar-refractivity contribution in [2.45, 2.75) is 6.04 Å². The van der Waals surface area contributed by atoms with Crippen LogP contribution in [0.25, 0.3) is 0 Å². The first-order chi connectivity index (χ1) is 7.19. The third-order valence-corrected chi connectivity index (χ3v) is 1.99. The van der Waals surface area contributed by atoms with Crippen molar-refractivity contribution in [1.29, 1.82) is 0 Å². The Labute approximate surface area is 87.3 Å². The van der Waals surface area contributed by atoms with Gasteiger partial charge in [-0.15, -0.1) is 0 Å². The molecule has 0 heterocycles. The molecule has 0 saturated heterocycles. The summed E-state index contributed by atoms with van der Waals surface area (Å²) in [6.45, 7) is -0.313. The lowest BCUT2D eigenvalue weighted by Gasteiger charge is -2.17. The number of hydrogen-bond donors (Lipinski definition) is 3. The number of benzene rings is 1. The molecule has 15 heavy (non-hydrogen) atoms. The van der Waals surface area contributed by atoms with Crippen LogP contribution in [-0.2, 0) is 0 Å². The van der Waals surface area contributed by atoms with E-state index in [1.165, 1.54) is 7.11 Å². The van der Waals surface area contributed by atoms with Crippen molar-refractivity contribution in [2.24, 2.45) is 0 Å². The monoisotopic (exact) mass is 211 g/mol. The van der Waals surface area contributed by atoms with Gasteiger partial charge in [-0.2, -0.15) is 0 Å². The first-order valence-electron chi connectivity index (χ1n) is 4.42. The zero-order valence-electron chi connectivity index (χ0n) is 8.30. The number of amides is 1. The Hall–Kier alpha value is -1.75. The number of ether oxygens (including phenoxy) is 1. The van der Waals surface area contributed by atoms with Gasteiger partial charge >= 0.3 is 6.09 Å². The summed E-state index contributed by atoms with van der Waals surface area (Å²) in [4.78, 5) is 10.5. The van der Waals surface area contributed by atoms with Crippen LogP contribution in [-0.4, -0.2) is 30.0 Å². The molecule has 0 unspecified atom stereocenters. The molecule has 0 spiro atoms. The lowest BCUT2D eigenvalue weighted by Crippen LogP contribution is -2.29. The summed E-state index contributed by atoms with van der Waals surface area (Å²) in [6, 6.07) is 6.28. The predicted molar refractivity (Wildman–Crippen MR) is 54.0 cm³/mol. The number of hydrogen-bond acceptors (Lipinski definition) is 3. The highest BCUT2D eigenvalue weighted by atomic mass is 16.5. The minimum absolute atomic E-state index is 0.313. The Morgan fingerprint density at radius 1 is 1.53 bits per heavy atom. The van der Waals surface area contributed by atoms with E-state index in [4.69, 9.17) is 14.9 Å². The third kappa shape index (κ3) is 2.85. The number of aliphatic hydroxyl groups excluding tert-OH is 1. The summed E-state index contributed by atoms with van der Waals surface area (Å²) < 4.78 is 5.07. The Morgan fingerprint density at radius 3 is 2.73 bits per heavy atom. The fourth-order valence-corrected chi connectivity index (χ4v) is 1.33. The first kappa shape index (κ1) is 11.3. The van der Waals surface area contributed by atoms with Crippen LogP contribution in [0, 0.1) is 0 Å². The number of rotatable bonds is 4. The van der Waals surface area contributed by atoms with E-state index in [0.29, 0.717) is 11.3 Å². The fourth-order valence-electron chi connectivity index (χ4n) is 1.33. The smallest absolute Gasteiger partial charge is 0.405 e. The quantitative estimate of drug-likeness (QED) is 0.694. The van der Waals surface area contributed by atoms with Gasteiger partial charge in [0.25, 0.3) is 0 Å². The van der Waals surface area contributed by atoms with Crippen molar-refractivity contribution in [3.05, 3.63) is 29.8 Å². The predicted octanol–water partition coefficient (Wildman–Crippen LogP) is 0.996. The molecule has 1 amide bonds. The Kier molecular flexibility index (Phi) is 3.93. The topological polar surface area (TPSA) is 78.8 Å². The van der Waals surface area contributed by atoms with Crippen LogP contribution in [0.4, 0.5) is 4.79 Å². The number of aliphatic hydroxyl groups is 1. The molecule has 0 radical (unpaired) electrons. The zero-order valence-corrected chi connectivity index (χ0v) is 8.30. The van der Waals surface area contributed by atoms with Crippen LogP contribution in [0.15, 0.2) is 24.3 Å². The number of methoxy groups -OCH3 is 1. The molecule has 5 heteroatoms. The van der Waals surface area contributed by atoms with Crippen molar-refractivity contribution in [2.75, 3.05) is 13.7 Å². The molecular formula is C10H13NO4. The second-order valence-corrected chi connectivity index (χ2v) is 2.93. The van der Waals surface area contributed by atoms with Gasteiger partial charge in [0.1, 0.15) is 5.75 Å². The molecule has 0 bridgehead atoms. The maximum Gasteiger partial charge on any atom is 0.405 e. The average Bonchev–Trinajstić information content (AvgIpc) is 2.25. The maximum atomic E-state index is 10.5.